The number of nitrogens with zero attached hydrogens (tertiary/aromatic N) is 3. The molecule has 2 heterocycles. The lowest BCUT2D eigenvalue weighted by Crippen LogP contribution is -2.42. The Morgan fingerprint density at radius 2 is 1.86 bits per heavy atom. The Bertz CT molecular complexity index is 825. The largest absolute Gasteiger partial charge is 0.330 e. The van der Waals surface area contributed by atoms with Gasteiger partial charge in [-0.2, -0.15) is 4.31 Å². The van der Waals surface area contributed by atoms with Crippen molar-refractivity contribution >= 4 is 10.0 Å². The third-order valence-electron chi connectivity index (χ3n) is 4.91. The molecule has 9 heteroatoms. The highest BCUT2D eigenvalue weighted by molar-refractivity contribution is 7.89. The molecule has 22 heavy (non-hydrogen) atoms. The summed E-state index contributed by atoms with van der Waals surface area (Å²) >= 11 is 0. The molecule has 1 aliphatic carbocycles. The molecular weight excluding hydrogens is 308 g/mol. The van der Waals surface area contributed by atoms with E-state index in [1.165, 1.54) is 18.4 Å². The molecule has 1 aliphatic heterocycles. The normalized spacial score (nSPS) is 29.0. The van der Waals surface area contributed by atoms with E-state index in [1.54, 1.807) is 0 Å². The van der Waals surface area contributed by atoms with Crippen LogP contribution in [0.15, 0.2) is 20.7 Å². The van der Waals surface area contributed by atoms with Crippen LogP contribution < -0.4 is 17.0 Å². The number of nitrogens with two attached hydrogens (primary N) is 1. The standard InChI is InChI=1S/C13H20N4O4S/c1-15-7-11(12(18)16(2)13(15)19)22(20,21)17-5-8-3-4-10(14)9(8)6-17/h7-10H,3-6,14H2,1-2H3. The van der Waals surface area contributed by atoms with Crippen LogP contribution >= 0.6 is 0 Å². The van der Waals surface area contributed by atoms with Crippen LogP contribution in [-0.4, -0.2) is 41.0 Å². The Morgan fingerprint density at radius 3 is 2.50 bits per heavy atom. The van der Waals surface area contributed by atoms with Crippen LogP contribution in [0.25, 0.3) is 0 Å². The summed E-state index contributed by atoms with van der Waals surface area (Å²) in [7, 11) is -1.21. The quantitative estimate of drug-likeness (QED) is 0.706. The first-order chi connectivity index (χ1) is 10.2. The molecule has 3 unspecified atom stereocenters. The maximum absolute atomic E-state index is 12.8. The summed E-state index contributed by atoms with van der Waals surface area (Å²) in [4.78, 5) is 23.5. The molecule has 0 aromatic carbocycles. The van der Waals surface area contributed by atoms with Crippen LogP contribution in [0.2, 0.25) is 0 Å². The predicted octanol–water partition coefficient (Wildman–Crippen LogP) is -1.56. The average Bonchev–Trinajstić information content (AvgIpc) is 3.03. The minimum atomic E-state index is -3.91. The molecule has 1 saturated heterocycles. The Hall–Kier alpha value is -1.45. The van der Waals surface area contributed by atoms with Crippen LogP contribution in [0.1, 0.15) is 12.8 Å². The van der Waals surface area contributed by atoms with Gasteiger partial charge in [0.25, 0.3) is 5.56 Å². The summed E-state index contributed by atoms with van der Waals surface area (Å²) in [5, 5.41) is 0. The summed E-state index contributed by atoms with van der Waals surface area (Å²) in [5.41, 5.74) is 4.69. The number of sulfonamides is 1. The van der Waals surface area contributed by atoms with Gasteiger partial charge in [0.2, 0.25) is 10.0 Å². The van der Waals surface area contributed by atoms with E-state index in [0.29, 0.717) is 13.1 Å². The number of hydrogen-bond acceptors (Lipinski definition) is 5. The van der Waals surface area contributed by atoms with Crippen LogP contribution in [-0.2, 0) is 24.1 Å². The van der Waals surface area contributed by atoms with Crippen LogP contribution in [0.5, 0.6) is 0 Å². The number of hydrogen-bond donors (Lipinski definition) is 1. The Labute approximate surface area is 128 Å². The van der Waals surface area contributed by atoms with Gasteiger partial charge < -0.3 is 10.3 Å². The molecule has 1 aromatic rings. The summed E-state index contributed by atoms with van der Waals surface area (Å²) < 4.78 is 28.8. The van der Waals surface area contributed by atoms with Crippen molar-refractivity contribution in [2.75, 3.05) is 13.1 Å². The van der Waals surface area contributed by atoms with E-state index in [1.807, 2.05) is 0 Å². The molecule has 0 radical (unpaired) electrons. The van der Waals surface area contributed by atoms with Crippen molar-refractivity contribution in [1.82, 2.24) is 13.4 Å². The summed E-state index contributed by atoms with van der Waals surface area (Å²) in [6, 6.07) is 0.0214. The zero-order chi connectivity index (χ0) is 16.2. The van der Waals surface area contributed by atoms with Crippen molar-refractivity contribution in [2.24, 2.45) is 31.7 Å². The van der Waals surface area contributed by atoms with E-state index in [0.717, 1.165) is 28.2 Å². The maximum Gasteiger partial charge on any atom is 0.330 e. The number of aromatic nitrogens is 2. The van der Waals surface area contributed by atoms with E-state index in [2.05, 4.69) is 0 Å². The van der Waals surface area contributed by atoms with Crippen molar-refractivity contribution in [3.8, 4) is 0 Å². The molecule has 3 rings (SSSR count). The lowest BCUT2D eigenvalue weighted by atomic mass is 9.98. The molecular formula is C13H20N4O4S. The zero-order valence-electron chi connectivity index (χ0n) is 12.6. The third kappa shape index (κ3) is 2.15. The van der Waals surface area contributed by atoms with Crippen LogP contribution in [0.3, 0.4) is 0 Å². The highest BCUT2D eigenvalue weighted by atomic mass is 32.2. The second-order valence-electron chi connectivity index (χ2n) is 6.24. The lowest BCUT2D eigenvalue weighted by molar-refractivity contribution is 0.425. The minimum absolute atomic E-state index is 0.0214. The molecule has 3 atom stereocenters. The third-order valence-corrected chi connectivity index (χ3v) is 6.73. The molecule has 2 fully saturated rings. The van der Waals surface area contributed by atoms with Gasteiger partial charge in [0.15, 0.2) is 4.90 Å². The fraction of sp³-hybridized carbons (Fsp3) is 0.692. The van der Waals surface area contributed by atoms with E-state index in [-0.39, 0.29) is 22.8 Å². The van der Waals surface area contributed by atoms with E-state index >= 15 is 0 Å². The first kappa shape index (κ1) is 15.4. The van der Waals surface area contributed by atoms with Crippen LogP contribution in [0, 0.1) is 11.8 Å². The molecule has 0 amide bonds. The SMILES string of the molecule is Cn1cc(S(=O)(=O)N2CC3CCC(N)C3C2)c(=O)n(C)c1=O. The summed E-state index contributed by atoms with van der Waals surface area (Å²) in [5.74, 6) is 0.423. The summed E-state index contributed by atoms with van der Waals surface area (Å²) in [6.45, 7) is 0.743. The predicted molar refractivity (Wildman–Crippen MR) is 79.9 cm³/mol. The zero-order valence-corrected chi connectivity index (χ0v) is 13.4. The van der Waals surface area contributed by atoms with Crippen molar-refractivity contribution in [3.05, 3.63) is 27.0 Å². The highest BCUT2D eigenvalue weighted by Crippen LogP contribution is 2.38. The van der Waals surface area contributed by atoms with Gasteiger partial charge in [0, 0.05) is 39.4 Å². The van der Waals surface area contributed by atoms with E-state index < -0.39 is 21.3 Å². The van der Waals surface area contributed by atoms with Gasteiger partial charge in [0.05, 0.1) is 0 Å². The van der Waals surface area contributed by atoms with Crippen molar-refractivity contribution in [1.29, 1.82) is 0 Å². The fourth-order valence-corrected chi connectivity index (χ4v) is 5.24. The maximum atomic E-state index is 12.8. The monoisotopic (exact) mass is 328 g/mol. The molecule has 1 aromatic heterocycles. The van der Waals surface area contributed by atoms with Gasteiger partial charge in [0.1, 0.15) is 0 Å². The van der Waals surface area contributed by atoms with E-state index in [9.17, 15) is 18.0 Å². The minimum Gasteiger partial charge on any atom is -0.327 e. The number of rotatable bonds is 2. The molecule has 0 bridgehead atoms. The van der Waals surface area contributed by atoms with Gasteiger partial charge in [-0.1, -0.05) is 0 Å². The molecule has 2 aliphatic rings. The second kappa shape index (κ2) is 5.04. The Balaban J connectivity index is 2.02. The number of fused-ring (bicyclic) bond motifs is 1. The van der Waals surface area contributed by atoms with Crippen molar-refractivity contribution in [2.45, 2.75) is 23.8 Å². The van der Waals surface area contributed by atoms with E-state index in [4.69, 9.17) is 5.73 Å². The van der Waals surface area contributed by atoms with Gasteiger partial charge in [-0.25, -0.2) is 13.2 Å². The number of aryl methyl sites for hydroxylation is 1. The van der Waals surface area contributed by atoms with Gasteiger partial charge in [-0.15, -0.1) is 0 Å². The summed E-state index contributed by atoms with van der Waals surface area (Å²) in [6.07, 6.45) is 2.95. The Morgan fingerprint density at radius 1 is 1.18 bits per heavy atom. The molecule has 8 nitrogen and oxygen atoms in total. The molecule has 0 spiro atoms. The Kier molecular flexibility index (Phi) is 3.54. The van der Waals surface area contributed by atoms with Crippen molar-refractivity contribution in [3.63, 3.8) is 0 Å². The fourth-order valence-electron chi connectivity index (χ4n) is 3.55. The lowest BCUT2D eigenvalue weighted by Gasteiger charge is -2.18. The molecule has 122 valence electrons. The molecule has 2 N–H and O–H groups in total. The average molecular weight is 328 g/mol. The van der Waals surface area contributed by atoms with Gasteiger partial charge in [-0.05, 0) is 24.7 Å². The first-order valence-electron chi connectivity index (χ1n) is 7.26. The topological polar surface area (TPSA) is 107 Å². The van der Waals surface area contributed by atoms with Gasteiger partial charge >= 0.3 is 5.69 Å². The second-order valence-corrected chi connectivity index (χ2v) is 8.14. The first-order valence-corrected chi connectivity index (χ1v) is 8.70. The highest BCUT2D eigenvalue weighted by Gasteiger charge is 2.45. The van der Waals surface area contributed by atoms with Crippen molar-refractivity contribution < 1.29 is 8.42 Å². The van der Waals surface area contributed by atoms with Gasteiger partial charge in [-0.3, -0.25) is 9.36 Å². The molecule has 1 saturated carbocycles. The van der Waals surface area contributed by atoms with Crippen LogP contribution in [0.4, 0.5) is 0 Å². The smallest absolute Gasteiger partial charge is 0.327 e.